The molecule has 2 aromatic carbocycles. The number of nitrogens with one attached hydrogen (secondary N) is 2. The van der Waals surface area contributed by atoms with Crippen LogP contribution in [0.5, 0.6) is 0 Å². The normalized spacial score (nSPS) is 18.1. The minimum absolute atomic E-state index is 0.0220. The predicted molar refractivity (Wildman–Crippen MR) is 147 cm³/mol. The van der Waals surface area contributed by atoms with Crippen molar-refractivity contribution in [2.24, 2.45) is 11.7 Å². The summed E-state index contributed by atoms with van der Waals surface area (Å²) in [6.45, 7) is 7.53. The molecule has 0 radical (unpaired) electrons. The Bertz CT molecular complexity index is 924. The molecule has 1 saturated heterocycles. The van der Waals surface area contributed by atoms with Gasteiger partial charge in [-0.25, -0.2) is 0 Å². The smallest absolute Gasteiger partial charge is 0.237 e. The van der Waals surface area contributed by atoms with E-state index in [4.69, 9.17) is 28.9 Å². The van der Waals surface area contributed by atoms with E-state index in [0.29, 0.717) is 28.5 Å². The Labute approximate surface area is 220 Å². The van der Waals surface area contributed by atoms with Crippen LogP contribution in [0.15, 0.2) is 48.5 Å². The van der Waals surface area contributed by atoms with Gasteiger partial charge in [0.05, 0.1) is 16.1 Å². The summed E-state index contributed by atoms with van der Waals surface area (Å²) in [7, 11) is 0. The van der Waals surface area contributed by atoms with Gasteiger partial charge >= 0.3 is 0 Å². The second-order valence-corrected chi connectivity index (χ2v) is 10.9. The summed E-state index contributed by atoms with van der Waals surface area (Å²) in [6, 6.07) is 16.6. The highest BCUT2D eigenvalue weighted by Gasteiger charge is 2.27. The molecule has 0 saturated carbocycles. The standard InChI is InChI=1S/C28H40Cl2N4O/c1-20(2)16-27(28(35)33-18-22-9-11-25(29)26(30)17-22)32-14-12-24(34-15-13-23(31)19-34)10-8-21-6-4-3-5-7-21/h3-7,9,11,17,20,23-24,27,32H,8,10,12-16,18-19,31H2,1-2H3,(H,33,35)/t23?,24?,27-/m1/s1. The van der Waals surface area contributed by atoms with Crippen molar-refractivity contribution in [3.63, 3.8) is 0 Å². The van der Waals surface area contributed by atoms with Gasteiger partial charge in [0.1, 0.15) is 0 Å². The number of carbonyl (C=O) groups is 1. The Kier molecular flexibility index (Phi) is 11.3. The van der Waals surface area contributed by atoms with Crippen LogP contribution in [-0.4, -0.2) is 48.6 Å². The molecule has 1 aliphatic heterocycles. The van der Waals surface area contributed by atoms with Crippen LogP contribution < -0.4 is 16.4 Å². The Morgan fingerprint density at radius 3 is 2.51 bits per heavy atom. The average molecular weight is 520 g/mol. The van der Waals surface area contributed by atoms with Crippen molar-refractivity contribution in [3.8, 4) is 0 Å². The summed E-state index contributed by atoms with van der Waals surface area (Å²) >= 11 is 12.1. The van der Waals surface area contributed by atoms with Crippen molar-refractivity contribution in [2.45, 2.75) is 70.6 Å². The molecule has 4 N–H and O–H groups in total. The van der Waals surface area contributed by atoms with E-state index in [1.165, 1.54) is 5.56 Å². The van der Waals surface area contributed by atoms with E-state index in [-0.39, 0.29) is 18.0 Å². The second kappa shape index (κ2) is 14.2. The number of nitrogens with two attached hydrogens (primary N) is 1. The summed E-state index contributed by atoms with van der Waals surface area (Å²) in [5.41, 5.74) is 8.52. The second-order valence-electron chi connectivity index (χ2n) is 10.1. The number of nitrogens with zero attached hydrogens (tertiary/aromatic N) is 1. The van der Waals surface area contributed by atoms with Gasteiger partial charge in [-0.1, -0.05) is 73.4 Å². The fourth-order valence-corrected chi connectivity index (χ4v) is 5.10. The number of halogens is 2. The highest BCUT2D eigenvalue weighted by molar-refractivity contribution is 6.42. The molecule has 0 aromatic heterocycles. The van der Waals surface area contributed by atoms with Crippen LogP contribution in [0.1, 0.15) is 50.7 Å². The van der Waals surface area contributed by atoms with E-state index in [1.807, 2.05) is 6.07 Å². The zero-order chi connectivity index (χ0) is 25.2. The largest absolute Gasteiger partial charge is 0.351 e. The number of amides is 1. The van der Waals surface area contributed by atoms with Crippen LogP contribution in [-0.2, 0) is 17.8 Å². The summed E-state index contributed by atoms with van der Waals surface area (Å²) < 4.78 is 0. The summed E-state index contributed by atoms with van der Waals surface area (Å²) in [4.78, 5) is 15.6. The first-order valence-electron chi connectivity index (χ1n) is 12.8. The number of likely N-dealkylation sites (tertiary alicyclic amines) is 1. The molecule has 3 rings (SSSR count). The third kappa shape index (κ3) is 9.40. The fourth-order valence-electron chi connectivity index (χ4n) is 4.78. The molecule has 1 aliphatic rings. The Morgan fingerprint density at radius 1 is 1.09 bits per heavy atom. The molecule has 1 heterocycles. The van der Waals surface area contributed by atoms with Gasteiger partial charge in [-0.05, 0) is 67.8 Å². The monoisotopic (exact) mass is 518 g/mol. The van der Waals surface area contributed by atoms with Crippen molar-refractivity contribution in [2.75, 3.05) is 19.6 Å². The quantitative estimate of drug-likeness (QED) is 0.347. The van der Waals surface area contributed by atoms with Crippen LogP contribution in [0.25, 0.3) is 0 Å². The van der Waals surface area contributed by atoms with Crippen LogP contribution >= 0.6 is 23.2 Å². The van der Waals surface area contributed by atoms with Gasteiger partial charge in [-0.2, -0.15) is 0 Å². The van der Waals surface area contributed by atoms with Crippen molar-refractivity contribution in [1.82, 2.24) is 15.5 Å². The number of hydrogen-bond acceptors (Lipinski definition) is 4. The van der Waals surface area contributed by atoms with Gasteiger partial charge in [0.2, 0.25) is 5.91 Å². The van der Waals surface area contributed by atoms with E-state index >= 15 is 0 Å². The Morgan fingerprint density at radius 2 is 1.86 bits per heavy atom. The molecule has 7 heteroatoms. The molecule has 3 atom stereocenters. The molecule has 5 nitrogen and oxygen atoms in total. The summed E-state index contributed by atoms with van der Waals surface area (Å²) in [6.07, 6.45) is 4.99. The number of benzene rings is 2. The fraction of sp³-hybridized carbons (Fsp3) is 0.536. The van der Waals surface area contributed by atoms with E-state index in [0.717, 1.165) is 57.3 Å². The lowest BCUT2D eigenvalue weighted by atomic mass is 10.00. The number of rotatable bonds is 13. The lowest BCUT2D eigenvalue weighted by Gasteiger charge is -2.29. The molecular formula is C28H40Cl2N4O. The molecule has 35 heavy (non-hydrogen) atoms. The van der Waals surface area contributed by atoms with Gasteiger partial charge in [-0.15, -0.1) is 0 Å². The molecule has 2 unspecified atom stereocenters. The molecule has 2 aromatic rings. The zero-order valence-electron chi connectivity index (χ0n) is 21.0. The number of aryl methyl sites for hydroxylation is 1. The van der Waals surface area contributed by atoms with Gasteiger partial charge < -0.3 is 16.4 Å². The van der Waals surface area contributed by atoms with Gasteiger partial charge in [-0.3, -0.25) is 9.69 Å². The maximum absolute atomic E-state index is 13.0. The van der Waals surface area contributed by atoms with E-state index in [2.05, 4.69) is 59.7 Å². The molecule has 192 valence electrons. The lowest BCUT2D eigenvalue weighted by Crippen LogP contribution is -2.46. The zero-order valence-corrected chi connectivity index (χ0v) is 22.5. The van der Waals surface area contributed by atoms with Crippen molar-refractivity contribution >= 4 is 29.1 Å². The van der Waals surface area contributed by atoms with Crippen LogP contribution in [0, 0.1) is 5.92 Å². The molecule has 0 bridgehead atoms. The molecular weight excluding hydrogens is 479 g/mol. The number of carbonyl (C=O) groups excluding carboxylic acids is 1. The van der Waals surface area contributed by atoms with Crippen molar-refractivity contribution < 1.29 is 4.79 Å². The average Bonchev–Trinajstić information content (AvgIpc) is 3.27. The van der Waals surface area contributed by atoms with Gasteiger partial charge in [0.15, 0.2) is 0 Å². The van der Waals surface area contributed by atoms with Gasteiger partial charge in [0.25, 0.3) is 0 Å². The van der Waals surface area contributed by atoms with E-state index < -0.39 is 0 Å². The summed E-state index contributed by atoms with van der Waals surface area (Å²) in [5.74, 6) is 0.433. The minimum Gasteiger partial charge on any atom is -0.351 e. The first-order valence-corrected chi connectivity index (χ1v) is 13.6. The topological polar surface area (TPSA) is 70.4 Å². The SMILES string of the molecule is CC(C)C[C@@H](NCCC(CCc1ccccc1)N1CCC(N)C1)C(=O)NCc1ccc(Cl)c(Cl)c1. The predicted octanol–water partition coefficient (Wildman–Crippen LogP) is 5.04. The van der Waals surface area contributed by atoms with Crippen molar-refractivity contribution in [1.29, 1.82) is 0 Å². The highest BCUT2D eigenvalue weighted by atomic mass is 35.5. The first-order chi connectivity index (χ1) is 16.8. The van der Waals surface area contributed by atoms with Crippen LogP contribution in [0.3, 0.4) is 0 Å². The minimum atomic E-state index is -0.228. The maximum Gasteiger partial charge on any atom is 0.237 e. The first kappa shape index (κ1) is 27.9. The van der Waals surface area contributed by atoms with Crippen molar-refractivity contribution in [3.05, 3.63) is 69.7 Å². The Hall–Kier alpha value is -1.63. The van der Waals surface area contributed by atoms with Crippen LogP contribution in [0.2, 0.25) is 10.0 Å². The maximum atomic E-state index is 13.0. The lowest BCUT2D eigenvalue weighted by molar-refractivity contribution is -0.123. The number of hydrogen-bond donors (Lipinski definition) is 3. The Balaban J connectivity index is 1.54. The summed E-state index contributed by atoms with van der Waals surface area (Å²) in [5, 5.41) is 7.63. The molecule has 0 spiro atoms. The molecule has 0 aliphatic carbocycles. The van der Waals surface area contributed by atoms with E-state index in [9.17, 15) is 4.79 Å². The highest BCUT2D eigenvalue weighted by Crippen LogP contribution is 2.22. The third-order valence-electron chi connectivity index (χ3n) is 6.72. The van der Waals surface area contributed by atoms with Crippen LogP contribution in [0.4, 0.5) is 0 Å². The molecule has 1 amide bonds. The van der Waals surface area contributed by atoms with Gasteiger partial charge in [0, 0.05) is 31.7 Å². The molecule has 1 fully saturated rings. The van der Waals surface area contributed by atoms with E-state index in [1.54, 1.807) is 12.1 Å². The third-order valence-corrected chi connectivity index (χ3v) is 7.46.